The zero-order valence-corrected chi connectivity index (χ0v) is 20.8. The number of aryl methyl sites for hydroxylation is 1. The van der Waals surface area contributed by atoms with E-state index in [1.807, 2.05) is 6.08 Å². The van der Waals surface area contributed by atoms with Crippen LogP contribution in [-0.4, -0.2) is 13.6 Å². The first kappa shape index (κ1) is 23.4. The fraction of sp³-hybridized carbons (Fsp3) is 0.118. The topological polar surface area (TPSA) is 6.48 Å². The van der Waals surface area contributed by atoms with E-state index in [-0.39, 0.29) is 0 Å². The third-order valence-electron chi connectivity index (χ3n) is 6.68. The van der Waals surface area contributed by atoms with Gasteiger partial charge in [0.05, 0.1) is 5.69 Å². The molecule has 0 spiro atoms. The van der Waals surface area contributed by atoms with Gasteiger partial charge in [0.2, 0.25) is 0 Å². The molecule has 0 unspecified atom stereocenters. The van der Waals surface area contributed by atoms with Crippen LogP contribution in [0.2, 0.25) is 0 Å². The van der Waals surface area contributed by atoms with Gasteiger partial charge in [0.25, 0.3) is 0 Å². The summed E-state index contributed by atoms with van der Waals surface area (Å²) in [4.78, 5) is 4.61. The maximum atomic E-state index is 4.02. The summed E-state index contributed by atoms with van der Waals surface area (Å²) in [6, 6.07) is 32.3. The van der Waals surface area contributed by atoms with Crippen LogP contribution in [0.15, 0.2) is 134 Å². The van der Waals surface area contributed by atoms with Crippen LogP contribution in [0, 0.1) is 0 Å². The molecule has 0 heterocycles. The fourth-order valence-corrected chi connectivity index (χ4v) is 4.83. The van der Waals surface area contributed by atoms with E-state index in [0.29, 0.717) is 0 Å². The van der Waals surface area contributed by atoms with E-state index in [2.05, 4.69) is 145 Å². The summed E-state index contributed by atoms with van der Waals surface area (Å²) in [7, 11) is 2.14. The number of likely N-dealkylation sites (N-methyl/N-ethyl adjacent to an activating group) is 1. The first-order valence-corrected chi connectivity index (χ1v) is 12.6. The molecular weight excluding hydrogens is 436 g/mol. The van der Waals surface area contributed by atoms with Gasteiger partial charge in [-0.2, -0.15) is 0 Å². The largest absolute Gasteiger partial charge is 0.371 e. The summed E-state index contributed by atoms with van der Waals surface area (Å²) in [6.07, 6.45) is 15.1. The van der Waals surface area contributed by atoms with Crippen LogP contribution >= 0.6 is 0 Å². The van der Waals surface area contributed by atoms with Crippen LogP contribution in [0.4, 0.5) is 17.1 Å². The summed E-state index contributed by atoms with van der Waals surface area (Å²) >= 11 is 0. The molecule has 36 heavy (non-hydrogen) atoms. The molecule has 0 atom stereocenters. The highest BCUT2D eigenvalue weighted by atomic mass is 15.1. The monoisotopic (exact) mass is 468 g/mol. The summed E-state index contributed by atoms with van der Waals surface area (Å²) in [5.41, 5.74) is 7.30. The van der Waals surface area contributed by atoms with Crippen molar-refractivity contribution in [1.82, 2.24) is 0 Å². The minimum absolute atomic E-state index is 0.794. The lowest BCUT2D eigenvalue weighted by atomic mass is 9.95. The van der Waals surface area contributed by atoms with Gasteiger partial charge in [-0.05, 0) is 71.7 Å². The lowest BCUT2D eigenvalue weighted by molar-refractivity contribution is 0.982. The maximum absolute atomic E-state index is 4.02. The van der Waals surface area contributed by atoms with Gasteiger partial charge in [0, 0.05) is 36.2 Å². The van der Waals surface area contributed by atoms with Gasteiger partial charge < -0.3 is 9.80 Å². The molecule has 0 aliphatic heterocycles. The maximum Gasteiger partial charge on any atom is 0.0536 e. The highest BCUT2D eigenvalue weighted by Crippen LogP contribution is 2.37. The van der Waals surface area contributed by atoms with E-state index < -0.39 is 0 Å². The highest BCUT2D eigenvalue weighted by molar-refractivity contribution is 5.86. The summed E-state index contributed by atoms with van der Waals surface area (Å²) in [6.45, 7) is 4.81. The zero-order valence-electron chi connectivity index (χ0n) is 20.8. The molecule has 4 aromatic carbocycles. The van der Waals surface area contributed by atoms with Gasteiger partial charge in [-0.1, -0.05) is 91.5 Å². The zero-order chi connectivity index (χ0) is 24.7. The average Bonchev–Trinajstić information content (AvgIpc) is 2.93. The standard InChI is InChI=1S/C34H32N2/c1-3-13-30(20-12-25-35(2)32-24-23-27-14-7-8-16-29(27)26-32)36(31-18-5-4-6-19-31)34-22-11-17-28-15-9-10-21-33(28)34/h3-8,10-14,16-24,26H,1,9,15,25H2,2H3/b20-12-,30-13+. The van der Waals surface area contributed by atoms with E-state index in [9.17, 15) is 0 Å². The fourth-order valence-electron chi connectivity index (χ4n) is 4.83. The third kappa shape index (κ3) is 5.04. The molecule has 0 amide bonds. The first-order valence-electron chi connectivity index (χ1n) is 12.6. The van der Waals surface area contributed by atoms with Crippen molar-refractivity contribution in [2.75, 3.05) is 23.4 Å². The smallest absolute Gasteiger partial charge is 0.0536 e. The molecule has 0 saturated carbocycles. The molecule has 0 fully saturated rings. The predicted octanol–water partition coefficient (Wildman–Crippen LogP) is 8.70. The van der Waals surface area contributed by atoms with Crippen molar-refractivity contribution in [2.24, 2.45) is 0 Å². The molecule has 2 heteroatoms. The van der Waals surface area contributed by atoms with Crippen LogP contribution in [0.1, 0.15) is 17.5 Å². The van der Waals surface area contributed by atoms with Crippen molar-refractivity contribution in [1.29, 1.82) is 0 Å². The Hall–Kier alpha value is -4.30. The van der Waals surface area contributed by atoms with Gasteiger partial charge in [-0.3, -0.25) is 0 Å². The summed E-state index contributed by atoms with van der Waals surface area (Å²) in [5.74, 6) is 0. The number of nitrogens with zero attached hydrogens (tertiary/aromatic N) is 2. The van der Waals surface area contributed by atoms with Crippen LogP contribution in [0.3, 0.4) is 0 Å². The van der Waals surface area contributed by atoms with Gasteiger partial charge in [0.1, 0.15) is 0 Å². The van der Waals surface area contributed by atoms with Gasteiger partial charge in [0.15, 0.2) is 0 Å². The van der Waals surface area contributed by atoms with E-state index in [1.54, 1.807) is 0 Å². The van der Waals surface area contributed by atoms with E-state index in [0.717, 1.165) is 30.8 Å². The normalized spacial score (nSPS) is 13.1. The minimum Gasteiger partial charge on any atom is -0.371 e. The molecule has 5 rings (SSSR count). The molecule has 178 valence electrons. The molecule has 1 aliphatic rings. The van der Waals surface area contributed by atoms with Gasteiger partial charge in [-0.25, -0.2) is 0 Å². The van der Waals surface area contributed by atoms with Gasteiger partial charge in [-0.15, -0.1) is 0 Å². The molecule has 0 saturated heterocycles. The number of hydrogen-bond acceptors (Lipinski definition) is 2. The van der Waals surface area contributed by atoms with Crippen molar-refractivity contribution in [2.45, 2.75) is 12.8 Å². The molecule has 0 radical (unpaired) electrons. The second-order valence-corrected chi connectivity index (χ2v) is 9.10. The number of rotatable bonds is 8. The molecule has 0 aromatic heterocycles. The lowest BCUT2D eigenvalue weighted by Crippen LogP contribution is -2.19. The number of hydrogen-bond donors (Lipinski definition) is 0. The van der Waals surface area contributed by atoms with Crippen LogP contribution in [-0.2, 0) is 6.42 Å². The Kier molecular flexibility index (Phi) is 7.14. The molecule has 0 N–H and O–H groups in total. The molecule has 1 aliphatic carbocycles. The van der Waals surface area contributed by atoms with Crippen LogP contribution in [0.25, 0.3) is 16.8 Å². The van der Waals surface area contributed by atoms with Crippen molar-refractivity contribution < 1.29 is 0 Å². The van der Waals surface area contributed by atoms with Crippen molar-refractivity contribution in [3.05, 3.63) is 145 Å². The van der Waals surface area contributed by atoms with Crippen molar-refractivity contribution >= 4 is 33.9 Å². The number of benzene rings is 4. The SMILES string of the molecule is C=C/C=C(\C=C/CN(C)c1ccc2ccccc2c1)N(c1ccccc1)c1cccc2c1C=CCC2. The van der Waals surface area contributed by atoms with E-state index in [1.165, 1.54) is 33.3 Å². The van der Waals surface area contributed by atoms with Crippen molar-refractivity contribution in [3.8, 4) is 0 Å². The molecule has 4 aromatic rings. The molecule has 2 nitrogen and oxygen atoms in total. The Morgan fingerprint density at radius 2 is 1.67 bits per heavy atom. The summed E-state index contributed by atoms with van der Waals surface area (Å²) < 4.78 is 0. The Labute approximate surface area is 214 Å². The molecule has 0 bridgehead atoms. The number of fused-ring (bicyclic) bond motifs is 2. The molecular formula is C34H32N2. The third-order valence-corrected chi connectivity index (χ3v) is 6.68. The number of para-hydroxylation sites is 1. The van der Waals surface area contributed by atoms with Crippen LogP contribution in [0.5, 0.6) is 0 Å². The predicted molar refractivity (Wildman–Crippen MR) is 157 cm³/mol. The highest BCUT2D eigenvalue weighted by Gasteiger charge is 2.18. The minimum atomic E-state index is 0.794. The van der Waals surface area contributed by atoms with Crippen LogP contribution < -0.4 is 9.80 Å². The Bertz CT molecular complexity index is 1440. The average molecular weight is 469 g/mol. The Balaban J connectivity index is 1.46. The second-order valence-electron chi connectivity index (χ2n) is 9.10. The first-order chi connectivity index (χ1) is 17.7. The number of anilines is 3. The van der Waals surface area contributed by atoms with E-state index in [4.69, 9.17) is 0 Å². The summed E-state index contributed by atoms with van der Waals surface area (Å²) in [5, 5.41) is 2.52. The Morgan fingerprint density at radius 1 is 0.861 bits per heavy atom. The van der Waals surface area contributed by atoms with Crippen molar-refractivity contribution in [3.63, 3.8) is 0 Å². The number of allylic oxidation sites excluding steroid dienone is 4. The van der Waals surface area contributed by atoms with Gasteiger partial charge >= 0.3 is 0 Å². The lowest BCUT2D eigenvalue weighted by Gasteiger charge is -2.29. The Morgan fingerprint density at radius 3 is 2.50 bits per heavy atom. The quantitative estimate of drug-likeness (QED) is 0.239. The second kappa shape index (κ2) is 11.0. The van der Waals surface area contributed by atoms with E-state index >= 15 is 0 Å².